The van der Waals surface area contributed by atoms with Crippen molar-refractivity contribution in [3.63, 3.8) is 0 Å². The normalized spacial score (nSPS) is 15.9. The van der Waals surface area contributed by atoms with Crippen LogP contribution in [0.3, 0.4) is 0 Å². The first-order valence-corrected chi connectivity index (χ1v) is 10.9. The summed E-state index contributed by atoms with van der Waals surface area (Å²) in [5.74, 6) is 0.692. The van der Waals surface area contributed by atoms with Crippen molar-refractivity contribution in [1.82, 2.24) is 4.90 Å². The van der Waals surface area contributed by atoms with E-state index in [1.165, 1.54) is 5.56 Å². The highest BCUT2D eigenvalue weighted by molar-refractivity contribution is 6.19. The Morgan fingerprint density at radius 2 is 1.74 bits per heavy atom. The van der Waals surface area contributed by atoms with E-state index in [-0.39, 0.29) is 5.91 Å². The molecule has 1 unspecified atom stereocenters. The first-order valence-electron chi connectivity index (χ1n) is 10.9. The Morgan fingerprint density at radius 3 is 2.29 bits per heavy atom. The summed E-state index contributed by atoms with van der Waals surface area (Å²) in [6.07, 6.45) is 0.671. The van der Waals surface area contributed by atoms with Gasteiger partial charge in [0.1, 0.15) is 5.92 Å². The molecule has 0 saturated heterocycles. The van der Waals surface area contributed by atoms with Crippen molar-refractivity contribution in [3.8, 4) is 11.5 Å². The first-order chi connectivity index (χ1) is 14.9. The van der Waals surface area contributed by atoms with Crippen LogP contribution in [-0.4, -0.2) is 43.3 Å². The van der Waals surface area contributed by atoms with Gasteiger partial charge in [-0.15, -0.1) is 0 Å². The molecule has 2 aromatic carbocycles. The maximum atomic E-state index is 12.8. The second kappa shape index (κ2) is 9.96. The van der Waals surface area contributed by atoms with Gasteiger partial charge in [0.05, 0.1) is 19.9 Å². The number of carbonyl (C=O) groups is 1. The average molecular weight is 424 g/mol. The Labute approximate surface area is 185 Å². The van der Waals surface area contributed by atoms with E-state index >= 15 is 0 Å². The molecular weight excluding hydrogens is 390 g/mol. The van der Waals surface area contributed by atoms with Gasteiger partial charge in [0, 0.05) is 30.1 Å². The number of fused-ring (bicyclic) bond motifs is 1. The predicted octanol–water partition coefficient (Wildman–Crippen LogP) is 5.15. The quantitative estimate of drug-likeness (QED) is 0.567. The van der Waals surface area contributed by atoms with Crippen molar-refractivity contribution in [1.29, 1.82) is 0 Å². The molecule has 1 N–H and O–H groups in total. The molecule has 1 aliphatic heterocycles. The lowest BCUT2D eigenvalue weighted by molar-refractivity contribution is -0.115. The van der Waals surface area contributed by atoms with E-state index in [0.717, 1.165) is 35.7 Å². The zero-order valence-corrected chi connectivity index (χ0v) is 19.4. The van der Waals surface area contributed by atoms with Gasteiger partial charge in [-0.1, -0.05) is 26.0 Å². The van der Waals surface area contributed by atoms with Crippen LogP contribution in [0.4, 0.5) is 11.4 Å². The third-order valence-corrected chi connectivity index (χ3v) is 5.81. The van der Waals surface area contributed by atoms with Crippen LogP contribution in [0.5, 0.6) is 11.5 Å². The highest BCUT2D eigenvalue weighted by Gasteiger charge is 2.35. The molecule has 6 nitrogen and oxygen atoms in total. The number of carbonyl (C=O) groups excluding carboxylic acids is 1. The van der Waals surface area contributed by atoms with Gasteiger partial charge in [-0.3, -0.25) is 14.7 Å². The lowest BCUT2D eigenvalue weighted by atomic mass is 9.93. The van der Waals surface area contributed by atoms with Crippen molar-refractivity contribution >= 4 is 23.0 Å². The van der Waals surface area contributed by atoms with Crippen LogP contribution in [-0.2, 0) is 11.3 Å². The van der Waals surface area contributed by atoms with Gasteiger partial charge in [-0.25, -0.2) is 0 Å². The van der Waals surface area contributed by atoms with E-state index in [9.17, 15) is 4.79 Å². The first kappa shape index (κ1) is 22.8. The summed E-state index contributed by atoms with van der Waals surface area (Å²) in [5, 5.41) is 2.96. The molecule has 6 heteroatoms. The molecule has 3 rings (SSSR count). The van der Waals surface area contributed by atoms with Gasteiger partial charge in [0.2, 0.25) is 5.91 Å². The molecule has 1 aliphatic rings. The Bertz CT molecular complexity index is 951. The van der Waals surface area contributed by atoms with Gasteiger partial charge in [-0.2, -0.15) is 0 Å². The number of hydrogen-bond donors (Lipinski definition) is 1. The molecule has 0 bridgehead atoms. The fourth-order valence-corrected chi connectivity index (χ4v) is 4.00. The number of nitrogens with zero attached hydrogens (tertiary/aromatic N) is 2. The number of anilines is 1. The van der Waals surface area contributed by atoms with E-state index < -0.39 is 5.92 Å². The third-order valence-electron chi connectivity index (χ3n) is 5.81. The summed E-state index contributed by atoms with van der Waals surface area (Å²) >= 11 is 0. The number of rotatable bonds is 9. The zero-order valence-electron chi connectivity index (χ0n) is 19.4. The van der Waals surface area contributed by atoms with Crippen LogP contribution in [0.15, 0.2) is 41.4 Å². The van der Waals surface area contributed by atoms with Crippen molar-refractivity contribution < 1.29 is 14.3 Å². The SMILES string of the molecule is CCC(=Nc1ccc(CN(CC)C(C)C)cc1)C1C(=O)Nc2cc(OC)c(OC)cc21. The fourth-order valence-electron chi connectivity index (χ4n) is 4.00. The van der Waals surface area contributed by atoms with Gasteiger partial charge >= 0.3 is 0 Å². The second-order valence-corrected chi connectivity index (χ2v) is 8.00. The largest absolute Gasteiger partial charge is 0.493 e. The molecule has 0 radical (unpaired) electrons. The molecule has 166 valence electrons. The Kier molecular flexibility index (Phi) is 7.33. The monoisotopic (exact) mass is 423 g/mol. The van der Waals surface area contributed by atoms with E-state index in [2.05, 4.69) is 43.1 Å². The molecule has 2 aromatic rings. The minimum Gasteiger partial charge on any atom is -0.493 e. The molecule has 1 amide bonds. The van der Waals surface area contributed by atoms with E-state index in [1.54, 1.807) is 14.2 Å². The maximum Gasteiger partial charge on any atom is 0.237 e. The number of methoxy groups -OCH3 is 2. The molecule has 1 atom stereocenters. The minimum atomic E-state index is -0.434. The molecule has 0 saturated carbocycles. The lowest BCUT2D eigenvalue weighted by Gasteiger charge is -2.24. The molecule has 1 heterocycles. The van der Waals surface area contributed by atoms with E-state index in [0.29, 0.717) is 24.0 Å². The van der Waals surface area contributed by atoms with Crippen molar-refractivity contribution in [2.75, 3.05) is 26.1 Å². The van der Waals surface area contributed by atoms with Crippen molar-refractivity contribution in [2.45, 2.75) is 52.6 Å². The standard InChI is InChI=1S/C25H33N3O3/c1-7-20(26-18-11-9-17(10-12-18)15-28(8-2)16(3)4)24-19-13-22(30-5)23(31-6)14-21(19)27-25(24)29/h9-14,16,24H,7-8,15H2,1-6H3,(H,27,29). The topological polar surface area (TPSA) is 63.2 Å². The Morgan fingerprint density at radius 1 is 1.10 bits per heavy atom. The number of ether oxygens (including phenoxy) is 2. The van der Waals surface area contributed by atoms with Crippen LogP contribution in [0, 0.1) is 0 Å². The van der Waals surface area contributed by atoms with Gasteiger partial charge < -0.3 is 14.8 Å². The van der Waals surface area contributed by atoms with Crippen LogP contribution >= 0.6 is 0 Å². The van der Waals surface area contributed by atoms with Crippen LogP contribution in [0.2, 0.25) is 0 Å². The van der Waals surface area contributed by atoms with Crippen LogP contribution in [0.25, 0.3) is 0 Å². The van der Waals surface area contributed by atoms with E-state index in [1.807, 2.05) is 31.2 Å². The predicted molar refractivity (Wildman–Crippen MR) is 126 cm³/mol. The smallest absolute Gasteiger partial charge is 0.237 e. The zero-order chi connectivity index (χ0) is 22.5. The van der Waals surface area contributed by atoms with Crippen LogP contribution < -0.4 is 14.8 Å². The summed E-state index contributed by atoms with van der Waals surface area (Å²) in [5.41, 5.74) is 4.56. The summed E-state index contributed by atoms with van der Waals surface area (Å²) in [6, 6.07) is 12.5. The average Bonchev–Trinajstić information content (AvgIpc) is 3.09. The number of amides is 1. The molecule has 0 aromatic heterocycles. The highest BCUT2D eigenvalue weighted by atomic mass is 16.5. The minimum absolute atomic E-state index is 0.0713. The summed E-state index contributed by atoms with van der Waals surface area (Å²) in [6.45, 7) is 10.6. The summed E-state index contributed by atoms with van der Waals surface area (Å²) < 4.78 is 10.8. The molecule has 0 fully saturated rings. The van der Waals surface area contributed by atoms with Crippen LogP contribution in [0.1, 0.15) is 51.2 Å². The van der Waals surface area contributed by atoms with Gasteiger partial charge in [0.15, 0.2) is 11.5 Å². The Balaban J connectivity index is 1.88. The van der Waals surface area contributed by atoms with Crippen molar-refractivity contribution in [3.05, 3.63) is 47.5 Å². The lowest BCUT2D eigenvalue weighted by Crippen LogP contribution is -2.29. The maximum absolute atomic E-state index is 12.8. The third kappa shape index (κ3) is 4.90. The highest BCUT2D eigenvalue weighted by Crippen LogP contribution is 2.42. The number of hydrogen-bond acceptors (Lipinski definition) is 5. The van der Waals surface area contributed by atoms with Crippen molar-refractivity contribution in [2.24, 2.45) is 4.99 Å². The number of benzene rings is 2. The van der Waals surface area contributed by atoms with Gasteiger partial charge in [-0.05, 0) is 56.1 Å². The van der Waals surface area contributed by atoms with E-state index in [4.69, 9.17) is 14.5 Å². The number of aliphatic imine (C=N–C) groups is 1. The number of nitrogens with one attached hydrogen (secondary N) is 1. The molecule has 0 aliphatic carbocycles. The molecule has 31 heavy (non-hydrogen) atoms. The summed E-state index contributed by atoms with van der Waals surface area (Å²) in [7, 11) is 3.18. The second-order valence-electron chi connectivity index (χ2n) is 8.00. The molecule has 0 spiro atoms. The fraction of sp³-hybridized carbons (Fsp3) is 0.440. The summed E-state index contributed by atoms with van der Waals surface area (Å²) in [4.78, 5) is 20.1. The Hall–Kier alpha value is -2.86. The van der Waals surface area contributed by atoms with Gasteiger partial charge in [0.25, 0.3) is 0 Å². The molecular formula is C25H33N3O3.